The molecule has 1 unspecified atom stereocenters. The Morgan fingerprint density at radius 3 is 2.51 bits per heavy atom. The van der Waals surface area contributed by atoms with E-state index in [0.29, 0.717) is 52.8 Å². The fourth-order valence-electron chi connectivity index (χ4n) is 3.10. The van der Waals surface area contributed by atoms with E-state index in [1.807, 2.05) is 26.0 Å². The third-order valence-corrected chi connectivity index (χ3v) is 5.87. The van der Waals surface area contributed by atoms with Gasteiger partial charge in [0.25, 0.3) is 5.91 Å². The molecule has 0 aliphatic rings. The number of benzene rings is 2. The Morgan fingerprint density at radius 1 is 1.09 bits per heavy atom. The van der Waals surface area contributed by atoms with Crippen LogP contribution in [0.5, 0.6) is 17.2 Å². The lowest BCUT2D eigenvalue weighted by atomic mass is 10.2. The van der Waals surface area contributed by atoms with Crippen LogP contribution in [0.25, 0.3) is 11.5 Å². The Morgan fingerprint density at radius 2 is 1.86 bits per heavy atom. The molecule has 0 spiro atoms. The predicted molar refractivity (Wildman–Crippen MR) is 132 cm³/mol. The molecule has 2 aromatic heterocycles. The van der Waals surface area contributed by atoms with E-state index in [4.69, 9.17) is 18.6 Å². The van der Waals surface area contributed by atoms with Crippen molar-refractivity contribution < 1.29 is 23.4 Å². The van der Waals surface area contributed by atoms with Gasteiger partial charge in [0.2, 0.25) is 11.8 Å². The quantitative estimate of drug-likeness (QED) is 0.301. The number of rotatable bonds is 10. The topological polar surface area (TPSA) is 109 Å². The molecule has 9 nitrogen and oxygen atoms in total. The minimum absolute atomic E-state index is 0.0616. The van der Waals surface area contributed by atoms with Crippen LogP contribution in [0.4, 0.5) is 5.13 Å². The van der Waals surface area contributed by atoms with Crippen molar-refractivity contribution in [2.45, 2.75) is 33.3 Å². The molecule has 1 amide bonds. The SMILES string of the molecule is COC(C)CCOc1cc(Oc2ccc(-c3nnc(C)o3)cc2)cc(C(=O)Nc2ncc(C)s2)c1. The van der Waals surface area contributed by atoms with Crippen molar-refractivity contribution in [2.24, 2.45) is 0 Å². The molecule has 182 valence electrons. The van der Waals surface area contributed by atoms with E-state index < -0.39 is 0 Å². The zero-order chi connectivity index (χ0) is 24.8. The summed E-state index contributed by atoms with van der Waals surface area (Å²) in [6.45, 7) is 6.07. The Labute approximate surface area is 207 Å². The van der Waals surface area contributed by atoms with Crippen molar-refractivity contribution in [1.29, 1.82) is 0 Å². The first kappa shape index (κ1) is 24.4. The number of anilines is 1. The van der Waals surface area contributed by atoms with Gasteiger partial charge in [0.15, 0.2) is 5.13 Å². The van der Waals surface area contributed by atoms with E-state index in [-0.39, 0.29) is 12.0 Å². The summed E-state index contributed by atoms with van der Waals surface area (Å²) in [4.78, 5) is 18.1. The maximum atomic E-state index is 12.9. The number of carbonyl (C=O) groups excluding carboxylic acids is 1. The molecule has 0 fully saturated rings. The minimum atomic E-state index is -0.304. The summed E-state index contributed by atoms with van der Waals surface area (Å²) in [5, 5.41) is 11.2. The number of amides is 1. The first-order valence-electron chi connectivity index (χ1n) is 11.0. The molecule has 1 atom stereocenters. The molecule has 1 N–H and O–H groups in total. The van der Waals surface area contributed by atoms with Crippen LogP contribution >= 0.6 is 11.3 Å². The van der Waals surface area contributed by atoms with Crippen LogP contribution in [-0.4, -0.2) is 40.9 Å². The van der Waals surface area contributed by atoms with Gasteiger partial charge >= 0.3 is 0 Å². The average molecular weight is 495 g/mol. The number of nitrogens with one attached hydrogen (secondary N) is 1. The van der Waals surface area contributed by atoms with Crippen LogP contribution in [0.2, 0.25) is 0 Å². The molecule has 35 heavy (non-hydrogen) atoms. The summed E-state index contributed by atoms with van der Waals surface area (Å²) in [6.07, 6.45) is 2.48. The molecule has 0 radical (unpaired) electrons. The summed E-state index contributed by atoms with van der Waals surface area (Å²) < 4.78 is 22.7. The number of methoxy groups -OCH3 is 1. The van der Waals surface area contributed by atoms with Crippen LogP contribution < -0.4 is 14.8 Å². The molecule has 0 aliphatic carbocycles. The summed E-state index contributed by atoms with van der Waals surface area (Å²) in [5.74, 6) is 2.19. The van der Waals surface area contributed by atoms with Gasteiger partial charge in [-0.2, -0.15) is 0 Å². The zero-order valence-corrected chi connectivity index (χ0v) is 20.7. The van der Waals surface area contributed by atoms with Gasteiger partial charge in [-0.15, -0.1) is 21.5 Å². The second-order valence-corrected chi connectivity index (χ2v) is 9.09. The number of aryl methyl sites for hydroxylation is 2. The Balaban J connectivity index is 1.53. The third kappa shape index (κ3) is 6.65. The van der Waals surface area contributed by atoms with Crippen LogP contribution in [0, 0.1) is 13.8 Å². The van der Waals surface area contributed by atoms with Gasteiger partial charge in [-0.05, 0) is 50.2 Å². The van der Waals surface area contributed by atoms with Crippen molar-refractivity contribution in [3.05, 3.63) is 65.0 Å². The van der Waals surface area contributed by atoms with Crippen molar-refractivity contribution in [3.63, 3.8) is 0 Å². The Bertz CT molecular complexity index is 1290. The van der Waals surface area contributed by atoms with Gasteiger partial charge in [0.1, 0.15) is 17.2 Å². The molecular formula is C25H26N4O5S. The van der Waals surface area contributed by atoms with E-state index in [1.165, 1.54) is 11.3 Å². The summed E-state index contributed by atoms with van der Waals surface area (Å²) in [5.41, 5.74) is 1.17. The highest BCUT2D eigenvalue weighted by Crippen LogP contribution is 2.30. The number of ether oxygens (including phenoxy) is 3. The Kier molecular flexibility index (Phi) is 7.74. The van der Waals surface area contributed by atoms with Crippen LogP contribution in [-0.2, 0) is 4.74 Å². The predicted octanol–water partition coefficient (Wildman–Crippen LogP) is 5.66. The van der Waals surface area contributed by atoms with Gasteiger partial charge in [0, 0.05) is 48.7 Å². The van der Waals surface area contributed by atoms with Crippen molar-refractivity contribution in [1.82, 2.24) is 15.2 Å². The minimum Gasteiger partial charge on any atom is -0.493 e. The number of carbonyl (C=O) groups is 1. The molecular weight excluding hydrogens is 468 g/mol. The van der Waals surface area contributed by atoms with E-state index in [2.05, 4.69) is 20.5 Å². The van der Waals surface area contributed by atoms with Crippen molar-refractivity contribution in [2.75, 3.05) is 19.0 Å². The monoisotopic (exact) mass is 494 g/mol. The van der Waals surface area contributed by atoms with E-state index in [1.54, 1.807) is 50.6 Å². The zero-order valence-electron chi connectivity index (χ0n) is 19.9. The number of thiazole rings is 1. The first-order chi connectivity index (χ1) is 16.9. The summed E-state index contributed by atoms with van der Waals surface area (Å²) in [7, 11) is 1.66. The molecule has 4 rings (SSSR count). The molecule has 0 bridgehead atoms. The fourth-order valence-corrected chi connectivity index (χ4v) is 3.76. The smallest absolute Gasteiger partial charge is 0.257 e. The molecule has 2 aromatic carbocycles. The van der Waals surface area contributed by atoms with E-state index >= 15 is 0 Å². The lowest BCUT2D eigenvalue weighted by Gasteiger charge is -2.14. The number of hydrogen-bond acceptors (Lipinski definition) is 9. The van der Waals surface area contributed by atoms with Gasteiger partial charge < -0.3 is 18.6 Å². The van der Waals surface area contributed by atoms with Crippen molar-refractivity contribution in [3.8, 4) is 28.7 Å². The third-order valence-electron chi connectivity index (χ3n) is 5.04. The lowest BCUT2D eigenvalue weighted by molar-refractivity contribution is 0.0953. The average Bonchev–Trinajstić information content (AvgIpc) is 3.47. The maximum Gasteiger partial charge on any atom is 0.257 e. The fraction of sp³-hybridized carbons (Fsp3) is 0.280. The van der Waals surface area contributed by atoms with Gasteiger partial charge in [-0.1, -0.05) is 0 Å². The van der Waals surface area contributed by atoms with Gasteiger partial charge in [-0.3, -0.25) is 10.1 Å². The standard InChI is InChI=1S/C25H26N4O5S/c1-15(31-4)9-10-32-21-11-19(23(30)27-25-26-14-16(2)35-25)12-22(13-21)34-20-7-5-18(6-8-20)24-29-28-17(3)33-24/h5-8,11-15H,9-10H2,1-4H3,(H,26,27,30). The van der Waals surface area contributed by atoms with Gasteiger partial charge in [0.05, 0.1) is 12.7 Å². The molecule has 0 aliphatic heterocycles. The number of nitrogens with zero attached hydrogens (tertiary/aromatic N) is 3. The highest BCUT2D eigenvalue weighted by molar-refractivity contribution is 7.15. The summed E-state index contributed by atoms with van der Waals surface area (Å²) >= 11 is 1.41. The number of aromatic nitrogens is 3. The van der Waals surface area contributed by atoms with Crippen LogP contribution in [0.15, 0.2) is 53.1 Å². The van der Waals surface area contributed by atoms with E-state index in [0.717, 1.165) is 10.4 Å². The van der Waals surface area contributed by atoms with Gasteiger partial charge in [-0.25, -0.2) is 4.98 Å². The normalized spacial score (nSPS) is 11.8. The second kappa shape index (κ2) is 11.1. The molecule has 4 aromatic rings. The Hall–Kier alpha value is -3.76. The van der Waals surface area contributed by atoms with Crippen molar-refractivity contribution >= 4 is 22.4 Å². The largest absolute Gasteiger partial charge is 0.493 e. The number of hydrogen-bond donors (Lipinski definition) is 1. The van der Waals surface area contributed by atoms with Crippen LogP contribution in [0.3, 0.4) is 0 Å². The lowest BCUT2D eigenvalue weighted by Crippen LogP contribution is -2.13. The van der Waals surface area contributed by atoms with E-state index in [9.17, 15) is 4.79 Å². The first-order valence-corrected chi connectivity index (χ1v) is 11.8. The highest BCUT2D eigenvalue weighted by Gasteiger charge is 2.14. The molecule has 0 saturated carbocycles. The highest BCUT2D eigenvalue weighted by atomic mass is 32.1. The molecule has 0 saturated heterocycles. The van der Waals surface area contributed by atoms with Crippen LogP contribution in [0.1, 0.15) is 34.5 Å². The summed E-state index contributed by atoms with van der Waals surface area (Å²) in [6, 6.07) is 12.3. The molecule has 2 heterocycles. The second-order valence-electron chi connectivity index (χ2n) is 7.86. The maximum absolute atomic E-state index is 12.9. The molecule has 10 heteroatoms.